The van der Waals surface area contributed by atoms with Crippen LogP contribution in [0.25, 0.3) is 11.5 Å². The number of carboxylic acids is 1. The number of hydrogen-bond donors (Lipinski definition) is 2. The number of ketones is 1. The Hall–Kier alpha value is -4.65. The number of ether oxygens (including phenoxy) is 1. The number of rotatable bonds is 14. The lowest BCUT2D eigenvalue weighted by atomic mass is 10.1. The van der Waals surface area contributed by atoms with Crippen LogP contribution in [-0.2, 0) is 24.1 Å². The lowest BCUT2D eigenvalue weighted by molar-refractivity contribution is -0.139. The summed E-state index contributed by atoms with van der Waals surface area (Å²) in [6.07, 6.45) is 4.07. The number of aliphatic carboxylic acids is 1. The monoisotopic (exact) mass is 538 g/mol. The quantitative estimate of drug-likeness (QED) is 0.144. The molecule has 0 fully saturated rings. The van der Waals surface area contributed by atoms with Gasteiger partial charge in [0.05, 0.1) is 12.3 Å². The fourth-order valence-corrected chi connectivity index (χ4v) is 4.33. The Kier molecular flexibility index (Phi) is 9.88. The zero-order valence-electron chi connectivity index (χ0n) is 22.8. The van der Waals surface area contributed by atoms with Crippen molar-refractivity contribution in [1.82, 2.24) is 10.3 Å². The number of hydrogen-bond acceptors (Lipinski definition) is 6. The van der Waals surface area contributed by atoms with Gasteiger partial charge in [0.15, 0.2) is 5.78 Å². The van der Waals surface area contributed by atoms with Gasteiger partial charge in [-0.25, -0.2) is 9.78 Å². The van der Waals surface area contributed by atoms with Crippen LogP contribution in [0.5, 0.6) is 5.75 Å². The van der Waals surface area contributed by atoms with Gasteiger partial charge in [0, 0.05) is 42.2 Å². The summed E-state index contributed by atoms with van der Waals surface area (Å²) in [6.45, 7) is 4.24. The molecule has 4 rings (SSSR count). The normalized spacial score (nSPS) is 12.1. The number of allylic oxidation sites excluding steroid dienone is 2. The van der Waals surface area contributed by atoms with Gasteiger partial charge >= 0.3 is 5.97 Å². The molecule has 0 spiro atoms. The molecular weight excluding hydrogens is 504 g/mol. The molecule has 0 radical (unpaired) electrons. The van der Waals surface area contributed by atoms with Gasteiger partial charge < -0.3 is 19.6 Å². The molecule has 0 aliphatic carbocycles. The third-order valence-corrected chi connectivity index (χ3v) is 6.35. The number of nitrogens with zero attached hydrogens (tertiary/aromatic N) is 1. The van der Waals surface area contributed by atoms with Crippen LogP contribution in [0, 0.1) is 0 Å². The van der Waals surface area contributed by atoms with E-state index in [0.717, 1.165) is 35.4 Å². The third-order valence-electron chi connectivity index (χ3n) is 6.35. The van der Waals surface area contributed by atoms with E-state index in [4.69, 9.17) is 14.1 Å². The average Bonchev–Trinajstić information content (AvgIpc) is 3.37. The summed E-state index contributed by atoms with van der Waals surface area (Å²) in [5.74, 6) is 1.03. The summed E-state index contributed by atoms with van der Waals surface area (Å²) in [6, 6.07) is 25.2. The molecule has 40 heavy (non-hydrogen) atoms. The van der Waals surface area contributed by atoms with Crippen molar-refractivity contribution in [1.29, 1.82) is 0 Å². The maximum Gasteiger partial charge on any atom is 0.326 e. The van der Waals surface area contributed by atoms with Crippen molar-refractivity contribution < 1.29 is 23.8 Å². The number of benzene rings is 3. The molecule has 7 nitrogen and oxygen atoms in total. The van der Waals surface area contributed by atoms with Gasteiger partial charge in [-0.2, -0.15) is 0 Å². The maximum atomic E-state index is 12.4. The van der Waals surface area contributed by atoms with E-state index < -0.39 is 12.0 Å². The molecule has 0 aliphatic heterocycles. The zero-order valence-corrected chi connectivity index (χ0v) is 22.8. The molecule has 206 valence electrons. The van der Waals surface area contributed by atoms with Crippen LogP contribution in [0.3, 0.4) is 0 Å². The molecule has 3 aromatic carbocycles. The number of carbonyl (C=O) groups is 2. The van der Waals surface area contributed by atoms with E-state index >= 15 is 0 Å². The van der Waals surface area contributed by atoms with Gasteiger partial charge in [-0.3, -0.25) is 4.79 Å². The smallest absolute Gasteiger partial charge is 0.326 e. The van der Waals surface area contributed by atoms with E-state index in [0.29, 0.717) is 35.9 Å². The molecule has 0 saturated heterocycles. The van der Waals surface area contributed by atoms with Crippen LogP contribution < -0.4 is 10.1 Å². The standard InChI is InChI=1S/C33H34N2O5/c1-3-10-31-28(35-32(40-31)26-13-8-5-9-14-26)19-20-39-27-17-15-24(16-18-27)22-29(33(37)38)34-23(2)21-30(36)25-11-6-4-7-12-25/h4-9,11-18,21,29,34H,3,10,19-20,22H2,1-2H3,(H,37,38)/b23-21+/t29-/m0/s1. The van der Waals surface area contributed by atoms with E-state index in [2.05, 4.69) is 12.2 Å². The highest BCUT2D eigenvalue weighted by Crippen LogP contribution is 2.24. The van der Waals surface area contributed by atoms with Crippen LogP contribution in [0.4, 0.5) is 0 Å². The SMILES string of the molecule is CCCc1oc(-c2ccccc2)nc1CCOc1ccc(C[C@H](N/C(C)=C/C(=O)c2ccccc2)C(=O)O)cc1. The zero-order chi connectivity index (χ0) is 28.3. The first kappa shape index (κ1) is 28.4. The molecule has 0 amide bonds. The van der Waals surface area contributed by atoms with Crippen LogP contribution in [0.2, 0.25) is 0 Å². The Morgan fingerprint density at radius 2 is 1.65 bits per heavy atom. The second-order valence-corrected chi connectivity index (χ2v) is 9.54. The summed E-state index contributed by atoms with van der Waals surface area (Å²) in [5.41, 5.74) is 3.73. The van der Waals surface area contributed by atoms with Crippen molar-refractivity contribution in [2.75, 3.05) is 6.61 Å². The Morgan fingerprint density at radius 3 is 2.30 bits per heavy atom. The van der Waals surface area contributed by atoms with Gasteiger partial charge in [-0.15, -0.1) is 0 Å². The number of nitrogens with one attached hydrogen (secondary N) is 1. The molecule has 0 saturated carbocycles. The fraction of sp³-hybridized carbons (Fsp3) is 0.242. The number of aromatic nitrogens is 1. The Morgan fingerprint density at radius 1 is 0.975 bits per heavy atom. The molecule has 0 bridgehead atoms. The van der Waals surface area contributed by atoms with Crippen molar-refractivity contribution in [3.63, 3.8) is 0 Å². The van der Waals surface area contributed by atoms with Gasteiger partial charge in [-0.1, -0.05) is 67.6 Å². The Labute approximate surface area is 234 Å². The van der Waals surface area contributed by atoms with Gasteiger partial charge in [-0.05, 0) is 43.2 Å². The first-order valence-electron chi connectivity index (χ1n) is 13.5. The first-order chi connectivity index (χ1) is 19.4. The first-order valence-corrected chi connectivity index (χ1v) is 13.5. The summed E-state index contributed by atoms with van der Waals surface area (Å²) >= 11 is 0. The van der Waals surface area contributed by atoms with Crippen LogP contribution >= 0.6 is 0 Å². The van der Waals surface area contributed by atoms with Crippen molar-refractivity contribution in [3.05, 3.63) is 119 Å². The summed E-state index contributed by atoms with van der Waals surface area (Å²) in [4.78, 5) is 29.0. The largest absolute Gasteiger partial charge is 0.493 e. The molecule has 7 heteroatoms. The number of aryl methyl sites for hydroxylation is 1. The molecule has 1 aromatic heterocycles. The van der Waals surface area contributed by atoms with E-state index in [1.807, 2.05) is 60.7 Å². The van der Waals surface area contributed by atoms with E-state index in [1.54, 1.807) is 31.2 Å². The molecule has 0 unspecified atom stereocenters. The minimum Gasteiger partial charge on any atom is -0.493 e. The highest BCUT2D eigenvalue weighted by atomic mass is 16.5. The average molecular weight is 539 g/mol. The lowest BCUT2D eigenvalue weighted by Crippen LogP contribution is -2.37. The number of carboxylic acid groups (broad SMARTS) is 1. The minimum atomic E-state index is -0.995. The van der Waals surface area contributed by atoms with Crippen LogP contribution in [0.15, 0.2) is 101 Å². The second kappa shape index (κ2) is 13.9. The van der Waals surface area contributed by atoms with Gasteiger partial charge in [0.1, 0.15) is 17.6 Å². The third kappa shape index (κ3) is 7.93. The molecule has 1 atom stereocenters. The summed E-state index contributed by atoms with van der Waals surface area (Å²) in [5, 5.41) is 12.7. The second-order valence-electron chi connectivity index (χ2n) is 9.54. The Bertz CT molecular complexity index is 1430. The van der Waals surface area contributed by atoms with Crippen molar-refractivity contribution in [3.8, 4) is 17.2 Å². The van der Waals surface area contributed by atoms with Crippen LogP contribution in [0.1, 0.15) is 47.6 Å². The highest BCUT2D eigenvalue weighted by Gasteiger charge is 2.19. The maximum absolute atomic E-state index is 12.4. The van der Waals surface area contributed by atoms with Crippen molar-refractivity contribution in [2.45, 2.75) is 45.6 Å². The van der Waals surface area contributed by atoms with E-state index in [1.165, 1.54) is 6.08 Å². The molecule has 1 heterocycles. The molecule has 4 aromatic rings. The predicted octanol–water partition coefficient (Wildman–Crippen LogP) is 6.29. The highest BCUT2D eigenvalue weighted by molar-refractivity contribution is 6.04. The summed E-state index contributed by atoms with van der Waals surface area (Å²) < 4.78 is 12.0. The lowest BCUT2D eigenvalue weighted by Gasteiger charge is -2.16. The summed E-state index contributed by atoms with van der Waals surface area (Å²) in [7, 11) is 0. The predicted molar refractivity (Wildman–Crippen MR) is 154 cm³/mol. The minimum absolute atomic E-state index is 0.181. The van der Waals surface area contributed by atoms with Gasteiger partial charge in [0.2, 0.25) is 5.89 Å². The number of oxazole rings is 1. The molecular formula is C33H34N2O5. The van der Waals surface area contributed by atoms with Crippen molar-refractivity contribution >= 4 is 11.8 Å². The van der Waals surface area contributed by atoms with E-state index in [9.17, 15) is 14.7 Å². The molecule has 0 aliphatic rings. The Balaban J connectivity index is 1.32. The van der Waals surface area contributed by atoms with Gasteiger partial charge in [0.25, 0.3) is 0 Å². The molecule has 2 N–H and O–H groups in total. The fourth-order valence-electron chi connectivity index (χ4n) is 4.33. The topological polar surface area (TPSA) is 102 Å². The van der Waals surface area contributed by atoms with Crippen LogP contribution in [-0.4, -0.2) is 34.5 Å². The number of carbonyl (C=O) groups excluding carboxylic acids is 1. The van der Waals surface area contributed by atoms with E-state index in [-0.39, 0.29) is 12.2 Å². The van der Waals surface area contributed by atoms with Crippen molar-refractivity contribution in [2.24, 2.45) is 0 Å².